The van der Waals surface area contributed by atoms with Crippen LogP contribution >= 0.6 is 0 Å². The molecule has 4 aliphatic carbocycles. The lowest BCUT2D eigenvalue weighted by Crippen LogP contribution is -2.35. The smallest absolute Gasteiger partial charge is 0.148 e. The lowest BCUT2D eigenvalue weighted by atomic mass is 9.63. The van der Waals surface area contributed by atoms with Crippen molar-refractivity contribution >= 4 is 22.7 Å². The molecule has 2 atom stereocenters. The second-order valence-corrected chi connectivity index (χ2v) is 16.3. The number of halogens is 4. The zero-order valence-corrected chi connectivity index (χ0v) is 36.1. The van der Waals surface area contributed by atoms with Crippen molar-refractivity contribution in [1.29, 1.82) is 0 Å². The number of rotatable bonds is 10. The van der Waals surface area contributed by atoms with Gasteiger partial charge in [-0.3, -0.25) is 0 Å². The van der Waals surface area contributed by atoms with Crippen molar-refractivity contribution in [2.75, 3.05) is 9.80 Å². The van der Waals surface area contributed by atoms with E-state index in [0.29, 0.717) is 22.3 Å². The number of benzene rings is 8. The van der Waals surface area contributed by atoms with Crippen molar-refractivity contribution in [3.05, 3.63) is 299 Å². The number of anilines is 4. The van der Waals surface area contributed by atoms with E-state index in [2.05, 4.69) is 0 Å². The van der Waals surface area contributed by atoms with Gasteiger partial charge in [0.1, 0.15) is 23.3 Å². The van der Waals surface area contributed by atoms with Gasteiger partial charge in [-0.1, -0.05) is 157 Å². The van der Waals surface area contributed by atoms with Crippen LogP contribution in [0.4, 0.5) is 40.3 Å². The molecule has 0 N–H and O–H groups in total. The Balaban J connectivity index is 1.10. The van der Waals surface area contributed by atoms with Crippen molar-refractivity contribution in [3.8, 4) is 44.5 Å². The van der Waals surface area contributed by atoms with Crippen LogP contribution in [0.25, 0.3) is 44.5 Å². The maximum atomic E-state index is 18.3. The first-order valence-corrected chi connectivity index (χ1v) is 21.7. The zero-order chi connectivity index (χ0) is 64.7. The molecule has 0 saturated carbocycles. The molecule has 0 bridgehead atoms. The third-order valence-electron chi connectivity index (χ3n) is 12.4. The van der Waals surface area contributed by atoms with Gasteiger partial charge in [0.05, 0.1) is 50.2 Å². The average molecular weight is 935 g/mol. The maximum absolute atomic E-state index is 18.3. The predicted molar refractivity (Wildman–Crippen MR) is 276 cm³/mol. The van der Waals surface area contributed by atoms with Crippen molar-refractivity contribution < 1.29 is 45.0 Å². The molecular weight excluding hydrogens is 873 g/mol. The third-order valence-corrected chi connectivity index (χ3v) is 12.4. The zero-order valence-electron chi connectivity index (χ0n) is 56.1. The monoisotopic (exact) mass is 934 g/mol. The summed E-state index contributed by atoms with van der Waals surface area (Å²) in [4.78, 5) is 2.69. The van der Waals surface area contributed by atoms with Crippen LogP contribution in [0, 0.1) is 35.1 Å². The molecule has 2 nitrogen and oxygen atoms in total. The van der Waals surface area contributed by atoms with Gasteiger partial charge in [0.2, 0.25) is 0 Å². The Morgan fingerprint density at radius 2 is 0.814 bits per heavy atom. The van der Waals surface area contributed by atoms with Gasteiger partial charge < -0.3 is 9.80 Å². The Labute approximate surface area is 432 Å². The highest BCUT2D eigenvalue weighted by Gasteiger charge is 2.43. The average Bonchev–Trinajstić information content (AvgIpc) is 0.724. The van der Waals surface area contributed by atoms with Gasteiger partial charge in [0, 0.05) is 34.3 Å². The highest BCUT2D eigenvalue weighted by atomic mass is 19.1. The predicted octanol–water partition coefficient (Wildman–Crippen LogP) is 17.2. The molecule has 0 spiro atoms. The van der Waals surface area contributed by atoms with Crippen LogP contribution in [0.2, 0.25) is 0 Å². The Bertz CT molecular complexity index is 4670. The van der Waals surface area contributed by atoms with Crippen LogP contribution in [-0.4, -0.2) is 0 Å². The summed E-state index contributed by atoms with van der Waals surface area (Å²) in [5.74, 6) is -5.36. The van der Waals surface area contributed by atoms with Gasteiger partial charge >= 0.3 is 0 Å². The van der Waals surface area contributed by atoms with Crippen LogP contribution in [0.15, 0.2) is 276 Å². The van der Waals surface area contributed by atoms with Gasteiger partial charge in [0.25, 0.3) is 0 Å². The lowest BCUT2D eigenvalue weighted by Gasteiger charge is -2.45. The molecule has 0 heterocycles. The fourth-order valence-corrected chi connectivity index (χ4v) is 9.49. The second-order valence-electron chi connectivity index (χ2n) is 16.3. The van der Waals surface area contributed by atoms with E-state index in [1.54, 1.807) is 48.6 Å². The first-order valence-electron chi connectivity index (χ1n) is 31.7. The Kier molecular flexibility index (Phi) is 6.62. The van der Waals surface area contributed by atoms with Crippen LogP contribution < -0.4 is 9.80 Å². The van der Waals surface area contributed by atoms with E-state index in [1.165, 1.54) is 34.1 Å². The summed E-state index contributed by atoms with van der Waals surface area (Å²) in [5.41, 5.74) is -1.80. The molecule has 6 heteroatoms. The molecule has 0 fully saturated rings. The van der Waals surface area contributed by atoms with E-state index in [-0.39, 0.29) is 33.9 Å². The molecule has 336 valence electrons. The van der Waals surface area contributed by atoms with Gasteiger partial charge in [-0.05, 0) is 141 Å². The topological polar surface area (TPSA) is 6.48 Å². The Hall–Kier alpha value is -8.74. The van der Waals surface area contributed by atoms with E-state index in [1.807, 2.05) is 0 Å². The lowest BCUT2D eigenvalue weighted by molar-refractivity contribution is 0.550. The van der Waals surface area contributed by atoms with Gasteiger partial charge in [0.15, 0.2) is 0 Å². The normalized spacial score (nSPS) is 20.5. The van der Waals surface area contributed by atoms with Crippen molar-refractivity contribution in [1.82, 2.24) is 0 Å². The highest BCUT2D eigenvalue weighted by molar-refractivity contribution is 5.92. The van der Waals surface area contributed by atoms with E-state index >= 15 is 17.6 Å². The van der Waals surface area contributed by atoms with Crippen LogP contribution in [0.3, 0.4) is 0 Å². The van der Waals surface area contributed by atoms with Gasteiger partial charge in [-0.2, -0.15) is 0 Å². The number of allylic oxidation sites excluding steroid dienone is 12. The van der Waals surface area contributed by atoms with E-state index in [0.717, 1.165) is 48.5 Å². The molecule has 0 aliphatic heterocycles. The molecule has 0 saturated heterocycles. The van der Waals surface area contributed by atoms with E-state index in [9.17, 15) is 5.48 Å². The molecule has 0 amide bonds. The summed E-state index contributed by atoms with van der Waals surface area (Å²) in [6, 6.07) is -1.79. The minimum absolute atomic E-state index is 0.0646. The molecule has 0 radical (unpaired) electrons. The molecule has 4 aliphatic rings. The van der Waals surface area contributed by atoms with Crippen molar-refractivity contribution in [2.45, 2.75) is 0 Å². The summed E-state index contributed by atoms with van der Waals surface area (Å²) in [6.07, 6.45) is 13.7. The number of nitrogens with zero attached hydrogens (tertiary/aromatic N) is 2. The Morgan fingerprint density at radius 1 is 0.386 bits per heavy atom. The SMILES string of the molecule is [2H]c1c([2H])c([2H])c(-c2cc(F)c(N(C3=CC=C4C=CC5=C(N(c6ccc(F)cc6)c6c(F)cc(-c7c([2H])c([2H])c([2H])c([2H])c7[2H])cc6-c6c([2H])c([2H])c([2H])c([2H])c6[2H])C=CC6=CC=C3C4C65)c3ccc(F)cc3)c(-c3c([2H])c([2H])c([2H])c([2H])c3[2H])c2)c([2H])c1[2H]. The minimum atomic E-state index is -1.19. The standard InChI is InChI=1S/C64H42F4N2/c65-49-25-29-51(30-26-49)69(63-55(43-17-9-3-10-18-43)37-47(39-57(63)67)41-13-5-1-6-14-41)59-35-23-45-22-34-54-60(36-24-46-21-33-53(59)61(45)62(46)54)70(52-31-27-50(66)28-32-52)64-56(44-19-11-4-12-20-44)38-48(40-58(64)68)42-15-7-2-8-16-42/h1-40,61-62H/i1D,2D,3D,4D,5D,6D,7D,8D,9D,10D,11D,12D,13D,14D,15D,16D,17D,18D,19D,20D. The van der Waals surface area contributed by atoms with E-state index < -0.39 is 201 Å². The fourth-order valence-electron chi connectivity index (χ4n) is 9.49. The van der Waals surface area contributed by atoms with Gasteiger partial charge in [-0.25, -0.2) is 17.6 Å². The molecular formula is C64H42F4N2. The largest absolute Gasteiger partial charge is 0.307 e. The first kappa shape index (κ1) is 26.1. The fraction of sp³-hybridized carbons (Fsp3) is 0.0312. The number of hydrogen-bond donors (Lipinski definition) is 0. The van der Waals surface area contributed by atoms with Crippen LogP contribution in [0.1, 0.15) is 27.4 Å². The summed E-state index contributed by atoms with van der Waals surface area (Å²) in [5, 5.41) is 0. The van der Waals surface area contributed by atoms with Crippen molar-refractivity contribution in [2.24, 2.45) is 11.8 Å². The molecule has 0 aromatic heterocycles. The molecule has 8 aromatic rings. The molecule has 70 heavy (non-hydrogen) atoms. The summed E-state index contributed by atoms with van der Waals surface area (Å²) in [7, 11) is 0. The summed E-state index contributed by atoms with van der Waals surface area (Å²) >= 11 is 0. The maximum Gasteiger partial charge on any atom is 0.148 e. The van der Waals surface area contributed by atoms with Gasteiger partial charge in [-0.15, -0.1) is 0 Å². The van der Waals surface area contributed by atoms with Crippen LogP contribution in [0.5, 0.6) is 0 Å². The first-order chi connectivity index (χ1) is 42.7. The quantitative estimate of drug-likeness (QED) is 0.126. The number of hydrogen-bond acceptors (Lipinski definition) is 2. The summed E-state index contributed by atoms with van der Waals surface area (Å²) < 4.78 is 241. The molecule has 12 rings (SSSR count). The highest BCUT2D eigenvalue weighted by Crippen LogP contribution is 2.56. The van der Waals surface area contributed by atoms with E-state index in [4.69, 9.17) is 21.9 Å². The molecule has 8 aromatic carbocycles. The molecule has 2 unspecified atom stereocenters. The summed E-state index contributed by atoms with van der Waals surface area (Å²) in [6.45, 7) is 0. The van der Waals surface area contributed by atoms with Crippen molar-refractivity contribution in [3.63, 3.8) is 0 Å². The third kappa shape index (κ3) is 7.55. The minimum Gasteiger partial charge on any atom is -0.307 e. The Morgan fingerprint density at radius 3 is 1.33 bits per heavy atom. The van der Waals surface area contributed by atoms with Crippen LogP contribution in [-0.2, 0) is 0 Å². The second kappa shape index (κ2) is 17.7.